The molecule has 0 aliphatic carbocycles. The minimum Gasteiger partial charge on any atom is -0.497 e. The maximum absolute atomic E-state index is 5.25. The van der Waals surface area contributed by atoms with Crippen LogP contribution >= 0.6 is 24.0 Å². The normalized spacial score (nSPS) is 14.3. The molecule has 3 rings (SSSR count). The molecule has 0 unspecified atom stereocenters. The van der Waals surface area contributed by atoms with Crippen LogP contribution in [0.25, 0.3) is 0 Å². The van der Waals surface area contributed by atoms with Crippen LogP contribution in [-0.2, 0) is 6.54 Å². The summed E-state index contributed by atoms with van der Waals surface area (Å²) < 4.78 is 5.25. The Hall–Kier alpha value is -2.16. The molecule has 2 aromatic carbocycles. The second kappa shape index (κ2) is 11.1. The highest BCUT2D eigenvalue weighted by Gasteiger charge is 2.19. The third kappa shape index (κ3) is 6.16. The van der Waals surface area contributed by atoms with Gasteiger partial charge in [0.1, 0.15) is 5.75 Å². The zero-order valence-corrected chi connectivity index (χ0v) is 20.1. The highest BCUT2D eigenvalue weighted by molar-refractivity contribution is 14.0. The standard InChI is InChI=1S/C22H31N5O.HI/c1-23-22(24-17-18-5-7-19(8-6-18)25(2)3)27-15-13-26(14-16-27)20-9-11-21(28-4)12-10-20;/h5-12H,13-17H2,1-4H3,(H,23,24);1H. The monoisotopic (exact) mass is 509 g/mol. The Labute approximate surface area is 191 Å². The minimum absolute atomic E-state index is 0. The molecule has 2 aromatic rings. The topological polar surface area (TPSA) is 43.3 Å². The number of ether oxygens (including phenoxy) is 1. The number of guanidine groups is 1. The van der Waals surface area contributed by atoms with Crippen molar-refractivity contribution in [2.75, 3.05) is 64.2 Å². The van der Waals surface area contributed by atoms with Crippen LogP contribution in [-0.4, -0.2) is 65.3 Å². The molecule has 0 aromatic heterocycles. The van der Waals surface area contributed by atoms with Gasteiger partial charge in [-0.05, 0) is 42.0 Å². The maximum Gasteiger partial charge on any atom is 0.194 e. The quantitative estimate of drug-likeness (QED) is 0.381. The van der Waals surface area contributed by atoms with Gasteiger partial charge in [0.05, 0.1) is 7.11 Å². The summed E-state index contributed by atoms with van der Waals surface area (Å²) in [5.74, 6) is 1.86. The summed E-state index contributed by atoms with van der Waals surface area (Å²) in [5.41, 5.74) is 3.70. The first-order valence-corrected chi connectivity index (χ1v) is 9.71. The molecule has 6 nitrogen and oxygen atoms in total. The maximum atomic E-state index is 5.25. The van der Waals surface area contributed by atoms with Gasteiger partial charge in [-0.2, -0.15) is 0 Å². The Bertz CT molecular complexity index is 769. The summed E-state index contributed by atoms with van der Waals surface area (Å²) in [5, 5.41) is 3.50. The van der Waals surface area contributed by atoms with E-state index in [9.17, 15) is 0 Å². The summed E-state index contributed by atoms with van der Waals surface area (Å²) >= 11 is 0. The molecule has 0 atom stereocenters. The lowest BCUT2D eigenvalue weighted by Crippen LogP contribution is -2.52. The molecule has 29 heavy (non-hydrogen) atoms. The number of benzene rings is 2. The lowest BCUT2D eigenvalue weighted by atomic mass is 10.2. The number of hydrogen-bond acceptors (Lipinski definition) is 4. The minimum atomic E-state index is 0. The zero-order valence-electron chi connectivity index (χ0n) is 17.8. The van der Waals surface area contributed by atoms with Crippen molar-refractivity contribution in [1.29, 1.82) is 0 Å². The average Bonchev–Trinajstić information content (AvgIpc) is 2.75. The van der Waals surface area contributed by atoms with Crippen LogP contribution in [0.5, 0.6) is 5.75 Å². The van der Waals surface area contributed by atoms with Gasteiger partial charge in [0, 0.05) is 65.2 Å². The summed E-state index contributed by atoms with van der Waals surface area (Å²) in [4.78, 5) is 11.3. The van der Waals surface area contributed by atoms with E-state index >= 15 is 0 Å². The van der Waals surface area contributed by atoms with Gasteiger partial charge in [0.15, 0.2) is 5.96 Å². The molecule has 1 saturated heterocycles. The van der Waals surface area contributed by atoms with Gasteiger partial charge in [0.2, 0.25) is 0 Å². The van der Waals surface area contributed by atoms with E-state index in [0.717, 1.165) is 44.4 Å². The molecule has 0 amide bonds. The van der Waals surface area contributed by atoms with Gasteiger partial charge in [-0.3, -0.25) is 4.99 Å². The van der Waals surface area contributed by atoms with Gasteiger partial charge < -0.3 is 24.8 Å². The number of hydrogen-bond donors (Lipinski definition) is 1. The highest BCUT2D eigenvalue weighted by atomic mass is 127. The molecule has 1 heterocycles. The Morgan fingerprint density at radius 3 is 2.14 bits per heavy atom. The van der Waals surface area contributed by atoms with E-state index in [-0.39, 0.29) is 24.0 Å². The van der Waals surface area contributed by atoms with Crippen molar-refractivity contribution < 1.29 is 4.74 Å². The number of nitrogens with zero attached hydrogens (tertiary/aromatic N) is 4. The summed E-state index contributed by atoms with van der Waals surface area (Å²) in [7, 11) is 7.66. The molecule has 0 bridgehead atoms. The van der Waals surface area contributed by atoms with E-state index in [2.05, 4.69) is 75.5 Å². The molecule has 1 fully saturated rings. The van der Waals surface area contributed by atoms with Crippen LogP contribution in [0.2, 0.25) is 0 Å². The number of rotatable bonds is 5. The zero-order chi connectivity index (χ0) is 19.9. The summed E-state index contributed by atoms with van der Waals surface area (Å²) in [6.07, 6.45) is 0. The molecule has 158 valence electrons. The SMILES string of the molecule is CN=C(NCc1ccc(N(C)C)cc1)N1CCN(c2ccc(OC)cc2)CC1.I. The van der Waals surface area contributed by atoms with Crippen LogP contribution in [0.3, 0.4) is 0 Å². The lowest BCUT2D eigenvalue weighted by molar-refractivity contribution is 0.372. The number of aliphatic imine (C=N–C) groups is 1. The van der Waals surface area contributed by atoms with Crippen LogP contribution in [0, 0.1) is 0 Å². The average molecular weight is 509 g/mol. The fraction of sp³-hybridized carbons (Fsp3) is 0.409. The fourth-order valence-corrected chi connectivity index (χ4v) is 3.39. The fourth-order valence-electron chi connectivity index (χ4n) is 3.39. The van der Waals surface area contributed by atoms with Crippen molar-refractivity contribution in [2.45, 2.75) is 6.54 Å². The predicted octanol–water partition coefficient (Wildman–Crippen LogP) is 3.28. The summed E-state index contributed by atoms with van der Waals surface area (Å²) in [6.45, 7) is 4.63. The number of halogens is 1. The smallest absolute Gasteiger partial charge is 0.194 e. The molecule has 7 heteroatoms. The first kappa shape index (κ1) is 23.1. The van der Waals surface area contributed by atoms with Gasteiger partial charge in [-0.25, -0.2) is 0 Å². The molecule has 0 radical (unpaired) electrons. The van der Waals surface area contributed by atoms with E-state index in [1.807, 2.05) is 19.2 Å². The highest BCUT2D eigenvalue weighted by Crippen LogP contribution is 2.20. The van der Waals surface area contributed by atoms with E-state index in [4.69, 9.17) is 4.74 Å². The van der Waals surface area contributed by atoms with E-state index in [1.165, 1.54) is 16.9 Å². The van der Waals surface area contributed by atoms with Crippen molar-refractivity contribution in [2.24, 2.45) is 4.99 Å². The predicted molar refractivity (Wildman–Crippen MR) is 133 cm³/mol. The van der Waals surface area contributed by atoms with E-state index < -0.39 is 0 Å². The molecule has 1 N–H and O–H groups in total. The number of piperazine rings is 1. The molecule has 0 spiro atoms. The second-order valence-electron chi connectivity index (χ2n) is 7.13. The third-order valence-electron chi connectivity index (χ3n) is 5.13. The van der Waals surface area contributed by atoms with Crippen LogP contribution < -0.4 is 19.9 Å². The lowest BCUT2D eigenvalue weighted by Gasteiger charge is -2.37. The van der Waals surface area contributed by atoms with E-state index in [0.29, 0.717) is 0 Å². The number of nitrogens with one attached hydrogen (secondary N) is 1. The Morgan fingerprint density at radius 2 is 1.62 bits per heavy atom. The van der Waals surface area contributed by atoms with Crippen LogP contribution in [0.15, 0.2) is 53.5 Å². The number of anilines is 2. The molecule has 0 saturated carbocycles. The molecular formula is C22H32IN5O. The first-order chi connectivity index (χ1) is 13.6. The Balaban J connectivity index is 0.00000300. The van der Waals surface area contributed by atoms with Gasteiger partial charge in [0.25, 0.3) is 0 Å². The first-order valence-electron chi connectivity index (χ1n) is 9.71. The molecular weight excluding hydrogens is 477 g/mol. The Kier molecular flexibility index (Phi) is 8.88. The van der Waals surface area contributed by atoms with Gasteiger partial charge in [-0.15, -0.1) is 24.0 Å². The van der Waals surface area contributed by atoms with Crippen molar-refractivity contribution in [1.82, 2.24) is 10.2 Å². The van der Waals surface area contributed by atoms with Crippen molar-refractivity contribution in [3.8, 4) is 5.75 Å². The third-order valence-corrected chi connectivity index (χ3v) is 5.13. The summed E-state index contributed by atoms with van der Waals surface area (Å²) in [6, 6.07) is 16.9. The largest absolute Gasteiger partial charge is 0.497 e. The van der Waals surface area contributed by atoms with Crippen LogP contribution in [0.1, 0.15) is 5.56 Å². The van der Waals surface area contributed by atoms with Crippen molar-refractivity contribution in [3.63, 3.8) is 0 Å². The van der Waals surface area contributed by atoms with Gasteiger partial charge >= 0.3 is 0 Å². The van der Waals surface area contributed by atoms with E-state index in [1.54, 1.807) is 7.11 Å². The Morgan fingerprint density at radius 1 is 1.00 bits per heavy atom. The molecule has 1 aliphatic heterocycles. The van der Waals surface area contributed by atoms with Crippen molar-refractivity contribution >= 4 is 41.3 Å². The number of methoxy groups -OCH3 is 1. The van der Waals surface area contributed by atoms with Crippen LogP contribution in [0.4, 0.5) is 11.4 Å². The molecule has 1 aliphatic rings. The van der Waals surface area contributed by atoms with Crippen molar-refractivity contribution in [3.05, 3.63) is 54.1 Å². The van der Waals surface area contributed by atoms with Gasteiger partial charge in [-0.1, -0.05) is 12.1 Å². The second-order valence-corrected chi connectivity index (χ2v) is 7.13.